The van der Waals surface area contributed by atoms with E-state index in [1.165, 1.54) is 7.11 Å². The minimum absolute atomic E-state index is 0.0704. The zero-order valence-corrected chi connectivity index (χ0v) is 25.3. The van der Waals surface area contributed by atoms with Crippen LogP contribution in [-0.2, 0) is 9.53 Å². The van der Waals surface area contributed by atoms with E-state index in [1.54, 1.807) is 6.08 Å². The molecule has 3 unspecified atom stereocenters. The lowest BCUT2D eigenvalue weighted by Gasteiger charge is -2.42. The monoisotopic (exact) mass is 538 g/mol. The molecule has 216 valence electrons. The van der Waals surface area contributed by atoms with Gasteiger partial charge < -0.3 is 20.3 Å². The third-order valence-electron chi connectivity index (χ3n) is 7.62. The molecule has 1 heterocycles. The molecule has 5 atom stereocenters. The molecular weight excluding hydrogens is 488 g/mol. The lowest BCUT2D eigenvalue weighted by atomic mass is 9.86. The van der Waals surface area contributed by atoms with Gasteiger partial charge in [-0.25, -0.2) is 4.79 Å². The zero-order valence-electron chi connectivity index (χ0n) is 25.3. The number of hydrogen-bond donors (Lipinski definition) is 2. The van der Waals surface area contributed by atoms with Crippen LogP contribution in [0.5, 0.6) is 0 Å². The summed E-state index contributed by atoms with van der Waals surface area (Å²) in [6, 6.07) is -0.852. The Balaban J connectivity index is 2.59. The highest BCUT2D eigenvalue weighted by atomic mass is 16.5. The number of likely N-dealkylation sites (tertiary alicyclic amines) is 1. The fourth-order valence-electron chi connectivity index (χ4n) is 5.81. The van der Waals surface area contributed by atoms with E-state index in [-0.39, 0.29) is 30.0 Å². The van der Waals surface area contributed by atoms with Gasteiger partial charge >= 0.3 is 6.09 Å². The van der Waals surface area contributed by atoms with Gasteiger partial charge in [-0.05, 0) is 76.4 Å². The molecule has 2 bridgehead atoms. The maximum absolute atomic E-state index is 14.1. The number of carbonyl (C=O) groups excluding carboxylic acids is 2. The lowest BCUT2D eigenvalue weighted by molar-refractivity contribution is -0.137. The normalized spacial score (nSPS) is 23.4. The summed E-state index contributed by atoms with van der Waals surface area (Å²) in [6.45, 7) is 22.4. The molecule has 0 aromatic heterocycles. The maximum Gasteiger partial charge on any atom is 0.407 e. The van der Waals surface area contributed by atoms with Crippen molar-refractivity contribution in [3.63, 3.8) is 0 Å². The number of alkyl carbamates (subject to hydrolysis) is 1. The van der Waals surface area contributed by atoms with Crippen LogP contribution in [0.15, 0.2) is 65.8 Å². The average Bonchev–Trinajstić information content (AvgIpc) is 3.50. The Morgan fingerprint density at radius 2 is 1.92 bits per heavy atom. The van der Waals surface area contributed by atoms with E-state index in [0.717, 1.165) is 42.7 Å². The van der Waals surface area contributed by atoms with Crippen molar-refractivity contribution in [2.24, 2.45) is 16.8 Å². The number of rotatable bonds is 12. The van der Waals surface area contributed by atoms with E-state index in [4.69, 9.17) is 9.73 Å². The number of carbonyl (C=O) groups is 2. The highest BCUT2D eigenvalue weighted by Gasteiger charge is 2.52. The molecule has 1 aliphatic heterocycles. The summed E-state index contributed by atoms with van der Waals surface area (Å²) in [5.41, 5.74) is 1.33. The summed E-state index contributed by atoms with van der Waals surface area (Å²) in [5, 5.41) is 6.54. The highest BCUT2D eigenvalue weighted by Crippen LogP contribution is 2.44. The number of ether oxygens (including phenoxy) is 1. The Hall–Kier alpha value is -3.09. The number of hydrogen-bond acceptors (Lipinski definition) is 4. The molecule has 0 radical (unpaired) electrons. The zero-order chi connectivity index (χ0) is 29.3. The van der Waals surface area contributed by atoms with E-state index >= 15 is 0 Å². The third kappa shape index (κ3) is 7.96. The summed E-state index contributed by atoms with van der Waals surface area (Å²) in [6.07, 6.45) is 15.2. The van der Waals surface area contributed by atoms with Crippen molar-refractivity contribution < 1.29 is 14.3 Å². The number of piperidine rings is 1. The summed E-state index contributed by atoms with van der Waals surface area (Å²) in [4.78, 5) is 33.4. The summed E-state index contributed by atoms with van der Waals surface area (Å²) in [5.74, 6) is 0.896. The first kappa shape index (κ1) is 32.1. The van der Waals surface area contributed by atoms with Crippen LogP contribution in [0, 0.1) is 11.8 Å². The van der Waals surface area contributed by atoms with Crippen molar-refractivity contribution in [2.75, 3.05) is 7.11 Å². The fraction of sp³-hybridized carbons (Fsp3) is 0.594. The minimum atomic E-state index is -0.684. The topological polar surface area (TPSA) is 83.0 Å². The SMILES string of the molecule is C=C/C=C(/C(=C)/C=C\C)C(C)(C)NC(=NC(C)/C=C\CC)[C@@H]1[C@H]2CCC(C2)N1C(=O)C(NC(=O)OC)C(C)C. The predicted molar refractivity (Wildman–Crippen MR) is 162 cm³/mol. The van der Waals surface area contributed by atoms with Gasteiger partial charge in [0.25, 0.3) is 0 Å². The highest BCUT2D eigenvalue weighted by molar-refractivity contribution is 5.96. The van der Waals surface area contributed by atoms with Crippen LogP contribution in [0.3, 0.4) is 0 Å². The molecule has 0 aromatic carbocycles. The van der Waals surface area contributed by atoms with Crippen LogP contribution in [-0.4, -0.2) is 59.6 Å². The van der Waals surface area contributed by atoms with Crippen molar-refractivity contribution in [1.82, 2.24) is 15.5 Å². The number of allylic oxidation sites excluding steroid dienone is 5. The van der Waals surface area contributed by atoms with Crippen LogP contribution in [0.25, 0.3) is 0 Å². The van der Waals surface area contributed by atoms with Gasteiger partial charge in [-0.15, -0.1) is 0 Å². The van der Waals surface area contributed by atoms with E-state index in [1.807, 2.05) is 43.9 Å². The molecule has 1 saturated heterocycles. The molecule has 1 aliphatic carbocycles. The van der Waals surface area contributed by atoms with E-state index in [0.29, 0.717) is 5.92 Å². The lowest BCUT2D eigenvalue weighted by Crippen LogP contribution is -2.61. The van der Waals surface area contributed by atoms with Crippen LogP contribution >= 0.6 is 0 Å². The van der Waals surface area contributed by atoms with Crippen molar-refractivity contribution in [2.45, 2.75) is 104 Å². The van der Waals surface area contributed by atoms with Crippen molar-refractivity contribution in [3.8, 4) is 0 Å². The van der Waals surface area contributed by atoms with Gasteiger partial charge in [0.1, 0.15) is 11.9 Å². The number of nitrogens with one attached hydrogen (secondary N) is 2. The van der Waals surface area contributed by atoms with Crippen molar-refractivity contribution in [3.05, 3.63) is 60.8 Å². The van der Waals surface area contributed by atoms with E-state index in [9.17, 15) is 9.59 Å². The maximum atomic E-state index is 14.1. The molecule has 0 aromatic rings. The number of amides is 2. The number of nitrogens with zero attached hydrogens (tertiary/aromatic N) is 2. The number of amidine groups is 1. The van der Waals surface area contributed by atoms with Crippen LogP contribution in [0.1, 0.15) is 74.1 Å². The molecule has 7 heteroatoms. The Morgan fingerprint density at radius 3 is 2.49 bits per heavy atom. The number of methoxy groups -OCH3 is 1. The Kier molecular flexibility index (Phi) is 11.8. The van der Waals surface area contributed by atoms with E-state index in [2.05, 4.69) is 63.6 Å². The Bertz CT molecular complexity index is 1020. The summed E-state index contributed by atoms with van der Waals surface area (Å²) < 4.78 is 4.83. The van der Waals surface area contributed by atoms with E-state index < -0.39 is 17.7 Å². The molecule has 2 N–H and O–H groups in total. The largest absolute Gasteiger partial charge is 0.453 e. The minimum Gasteiger partial charge on any atom is -0.453 e. The van der Waals surface area contributed by atoms with Crippen molar-refractivity contribution in [1.29, 1.82) is 0 Å². The van der Waals surface area contributed by atoms with Crippen molar-refractivity contribution >= 4 is 17.8 Å². The van der Waals surface area contributed by atoms with Crippen LogP contribution in [0.4, 0.5) is 4.79 Å². The third-order valence-corrected chi connectivity index (χ3v) is 7.62. The second-order valence-corrected chi connectivity index (χ2v) is 11.5. The number of aliphatic imine (C=N–C) groups is 1. The molecule has 2 aliphatic rings. The molecule has 2 rings (SSSR count). The first-order valence-corrected chi connectivity index (χ1v) is 14.3. The molecular formula is C32H50N4O3. The predicted octanol–water partition coefficient (Wildman–Crippen LogP) is 6.11. The molecule has 0 spiro atoms. The quantitative estimate of drug-likeness (QED) is 0.136. The molecule has 39 heavy (non-hydrogen) atoms. The molecule has 2 amide bonds. The average molecular weight is 539 g/mol. The van der Waals surface area contributed by atoms with Gasteiger partial charge in [0.15, 0.2) is 0 Å². The first-order valence-electron chi connectivity index (χ1n) is 14.3. The molecule has 7 nitrogen and oxygen atoms in total. The second-order valence-electron chi connectivity index (χ2n) is 11.5. The fourth-order valence-corrected chi connectivity index (χ4v) is 5.81. The molecule has 1 saturated carbocycles. The van der Waals surface area contributed by atoms with Gasteiger partial charge in [-0.1, -0.05) is 70.4 Å². The Labute approximate surface area is 236 Å². The first-order chi connectivity index (χ1) is 18.4. The summed E-state index contributed by atoms with van der Waals surface area (Å²) >= 11 is 0. The smallest absolute Gasteiger partial charge is 0.407 e. The van der Waals surface area contributed by atoms with Gasteiger partial charge in [0.2, 0.25) is 5.91 Å². The van der Waals surface area contributed by atoms with Gasteiger partial charge in [-0.2, -0.15) is 0 Å². The second kappa shape index (κ2) is 14.3. The summed E-state index contributed by atoms with van der Waals surface area (Å²) in [7, 11) is 1.32. The van der Waals surface area contributed by atoms with Gasteiger partial charge in [0.05, 0.1) is 24.7 Å². The van der Waals surface area contributed by atoms with Gasteiger partial charge in [0, 0.05) is 6.04 Å². The number of fused-ring (bicyclic) bond motifs is 2. The standard InChI is InChI=1S/C32H50N4O3/c1-11-14-17-23(7)33-29(35-32(8,9)26(16-13-3)22(6)15-12-2)28-24-18-19-25(20-24)36(28)30(37)27(21(4)5)34-31(38)39-10/h12-17,21,23-25,27-28H,3,6,11,18-20H2,1-2,4-5,7-10H3,(H,33,35)(H,34,38)/b15-12-,17-14-,26-16-/t23?,24-,25?,27?,28-/m0/s1. The van der Waals surface area contributed by atoms with Crippen LogP contribution < -0.4 is 10.6 Å². The Morgan fingerprint density at radius 1 is 1.23 bits per heavy atom. The van der Waals surface area contributed by atoms with Gasteiger partial charge in [-0.3, -0.25) is 9.79 Å². The van der Waals surface area contributed by atoms with Crippen LogP contribution in [0.2, 0.25) is 0 Å². The molecule has 2 fully saturated rings.